The Morgan fingerprint density at radius 3 is 2.55 bits per heavy atom. The molecule has 0 spiro atoms. The van der Waals surface area contributed by atoms with Gasteiger partial charge in [-0.3, -0.25) is 14.4 Å². The Bertz CT molecular complexity index is 1310. The molecule has 0 aliphatic carbocycles. The Balaban J connectivity index is 1.92. The van der Waals surface area contributed by atoms with Gasteiger partial charge in [0.15, 0.2) is 0 Å². The molecule has 9 nitrogen and oxygen atoms in total. The maximum atomic E-state index is 14.1. The first-order chi connectivity index (χ1) is 19.8. The highest BCUT2D eigenvalue weighted by molar-refractivity contribution is 7.92. The maximum Gasteiger partial charge on any atom is 0.258 e. The lowest BCUT2D eigenvalue weighted by atomic mass is 10.0. The number of hydrogen-bond acceptors (Lipinski definition) is 7. The van der Waals surface area contributed by atoms with Crippen LogP contribution in [0.4, 0.5) is 5.69 Å². The second-order valence-electron chi connectivity index (χ2n) is 11.3. The first kappa shape index (κ1) is 34.4. The summed E-state index contributed by atoms with van der Waals surface area (Å²) in [6.07, 6.45) is 3.17. The van der Waals surface area contributed by atoms with Gasteiger partial charge in [0.25, 0.3) is 5.91 Å². The molecular formula is C30H43Cl2N3O6S. The van der Waals surface area contributed by atoms with Crippen LogP contribution in [0.5, 0.6) is 5.75 Å². The largest absolute Gasteiger partial charge is 0.490 e. The number of halogens is 2. The van der Waals surface area contributed by atoms with Crippen molar-refractivity contribution in [1.29, 1.82) is 0 Å². The number of carbonyl (C=O) groups is 1. The summed E-state index contributed by atoms with van der Waals surface area (Å²) in [5.41, 5.74) is 1.52. The van der Waals surface area contributed by atoms with Crippen LogP contribution < -0.4 is 9.46 Å². The predicted octanol–water partition coefficient (Wildman–Crippen LogP) is 5.29. The number of amides is 1. The molecule has 1 amide bonds. The molecule has 0 saturated heterocycles. The lowest BCUT2D eigenvalue weighted by Crippen LogP contribution is -2.47. The van der Waals surface area contributed by atoms with Crippen molar-refractivity contribution in [3.8, 4) is 5.75 Å². The van der Waals surface area contributed by atoms with Gasteiger partial charge >= 0.3 is 0 Å². The van der Waals surface area contributed by atoms with Crippen molar-refractivity contribution in [2.75, 3.05) is 44.3 Å². The molecule has 2 N–H and O–H groups in total. The molecular weight excluding hydrogens is 601 g/mol. The van der Waals surface area contributed by atoms with E-state index >= 15 is 0 Å². The van der Waals surface area contributed by atoms with Crippen molar-refractivity contribution in [3.63, 3.8) is 0 Å². The summed E-state index contributed by atoms with van der Waals surface area (Å²) < 4.78 is 38.9. The predicted molar refractivity (Wildman–Crippen MR) is 168 cm³/mol. The van der Waals surface area contributed by atoms with Crippen LogP contribution in [0.2, 0.25) is 10.0 Å². The summed E-state index contributed by atoms with van der Waals surface area (Å²) >= 11 is 12.3. The highest BCUT2D eigenvalue weighted by Crippen LogP contribution is 2.29. The quantitative estimate of drug-likeness (QED) is 0.402. The number of likely N-dealkylation sites (N-methyl/N-ethyl adjacent to an activating group) is 1. The molecule has 4 atom stereocenters. The topological polar surface area (TPSA) is 108 Å². The number of nitrogens with one attached hydrogen (secondary N) is 1. The Labute approximate surface area is 260 Å². The van der Waals surface area contributed by atoms with E-state index in [0.29, 0.717) is 42.0 Å². The second-order valence-corrected chi connectivity index (χ2v) is 13.9. The van der Waals surface area contributed by atoms with Gasteiger partial charge in [0.1, 0.15) is 5.75 Å². The van der Waals surface area contributed by atoms with Gasteiger partial charge in [-0.15, -0.1) is 0 Å². The molecule has 1 aliphatic heterocycles. The van der Waals surface area contributed by atoms with Crippen molar-refractivity contribution >= 4 is 44.8 Å². The van der Waals surface area contributed by atoms with Gasteiger partial charge in [-0.1, -0.05) is 36.2 Å². The zero-order valence-corrected chi connectivity index (χ0v) is 27.3. The lowest BCUT2D eigenvalue weighted by molar-refractivity contribution is -0.0177. The normalized spacial score (nSPS) is 21.8. The van der Waals surface area contributed by atoms with Gasteiger partial charge in [0, 0.05) is 37.8 Å². The highest BCUT2D eigenvalue weighted by Gasteiger charge is 2.30. The van der Waals surface area contributed by atoms with Crippen molar-refractivity contribution in [1.82, 2.24) is 9.80 Å². The number of nitrogens with zero attached hydrogens (tertiary/aromatic N) is 2. The zero-order chi connectivity index (χ0) is 31.0. The van der Waals surface area contributed by atoms with Crippen LogP contribution in [0.1, 0.15) is 56.0 Å². The highest BCUT2D eigenvalue weighted by atomic mass is 35.5. The molecule has 0 radical (unpaired) electrons. The minimum absolute atomic E-state index is 0.0947. The molecule has 0 saturated carbocycles. The van der Waals surface area contributed by atoms with E-state index < -0.39 is 16.1 Å². The summed E-state index contributed by atoms with van der Waals surface area (Å²) in [7, 11) is -1.55. The van der Waals surface area contributed by atoms with Gasteiger partial charge in [-0.05, 0) is 76.1 Å². The Morgan fingerprint density at radius 1 is 1.14 bits per heavy atom. The van der Waals surface area contributed by atoms with E-state index in [1.54, 1.807) is 30.0 Å². The number of hydrogen-bond donors (Lipinski definition) is 2. The van der Waals surface area contributed by atoms with Crippen molar-refractivity contribution < 1.29 is 27.8 Å². The van der Waals surface area contributed by atoms with E-state index in [1.165, 1.54) is 6.07 Å². The van der Waals surface area contributed by atoms with Crippen LogP contribution in [-0.2, 0) is 21.3 Å². The third kappa shape index (κ3) is 10.3. The molecule has 3 rings (SSSR count). The summed E-state index contributed by atoms with van der Waals surface area (Å²) in [5.74, 6) is -0.0777. The van der Waals surface area contributed by atoms with Crippen LogP contribution in [0.25, 0.3) is 0 Å². The monoisotopic (exact) mass is 643 g/mol. The van der Waals surface area contributed by atoms with E-state index in [4.69, 9.17) is 32.7 Å². The first-order valence-corrected chi connectivity index (χ1v) is 16.9. The van der Waals surface area contributed by atoms with E-state index in [-0.39, 0.29) is 41.9 Å². The van der Waals surface area contributed by atoms with E-state index in [9.17, 15) is 18.3 Å². The molecule has 2 aromatic rings. The summed E-state index contributed by atoms with van der Waals surface area (Å²) in [6, 6.07) is 9.79. The van der Waals surface area contributed by atoms with E-state index in [0.717, 1.165) is 31.1 Å². The van der Waals surface area contributed by atoms with Gasteiger partial charge in [0.05, 0.1) is 46.7 Å². The fourth-order valence-corrected chi connectivity index (χ4v) is 5.86. The van der Waals surface area contributed by atoms with Crippen LogP contribution in [0, 0.1) is 5.92 Å². The molecule has 1 heterocycles. The third-order valence-electron chi connectivity index (χ3n) is 7.28. The minimum atomic E-state index is -3.56. The second kappa shape index (κ2) is 15.6. The van der Waals surface area contributed by atoms with Gasteiger partial charge in [-0.25, -0.2) is 8.42 Å². The molecule has 0 bridgehead atoms. The molecule has 0 aromatic heterocycles. The average Bonchev–Trinajstić information content (AvgIpc) is 2.91. The van der Waals surface area contributed by atoms with Crippen LogP contribution in [0.15, 0.2) is 36.4 Å². The molecule has 0 fully saturated rings. The third-order valence-corrected chi connectivity index (χ3v) is 8.63. The summed E-state index contributed by atoms with van der Waals surface area (Å²) in [4.78, 5) is 17.9. The van der Waals surface area contributed by atoms with Crippen molar-refractivity contribution in [3.05, 3.63) is 57.6 Å². The number of rotatable bonds is 8. The summed E-state index contributed by atoms with van der Waals surface area (Å²) in [5, 5.41) is 11.1. The SMILES string of the molecule is C[C@@H]1CCCCO[C@H](CN(C)Cc2ccc(Cl)c(Cl)c2)[C@@H](C)CN([C@@H](C)CO)C(=O)c2cc(NS(C)(=O)=O)ccc2O1. The minimum Gasteiger partial charge on any atom is -0.490 e. The molecule has 1 aliphatic rings. The molecule has 2 aromatic carbocycles. The molecule has 234 valence electrons. The Kier molecular flexibility index (Phi) is 12.8. The maximum absolute atomic E-state index is 14.1. The number of benzene rings is 2. The number of aliphatic hydroxyl groups excluding tert-OH is 1. The van der Waals surface area contributed by atoms with Crippen molar-refractivity contribution in [2.24, 2.45) is 5.92 Å². The van der Waals surface area contributed by atoms with Crippen LogP contribution in [0.3, 0.4) is 0 Å². The number of ether oxygens (including phenoxy) is 2. The number of sulfonamides is 1. The lowest BCUT2D eigenvalue weighted by Gasteiger charge is -2.36. The smallest absolute Gasteiger partial charge is 0.258 e. The molecule has 12 heteroatoms. The standard InChI is InChI=1S/C30H43Cl2N3O6S/c1-20-16-35(21(2)19-36)30(37)25-15-24(33-42(5,38)39)10-12-28(25)41-22(3)8-6-7-13-40-29(20)18-34(4)17-23-9-11-26(31)27(32)14-23/h9-12,14-15,20-22,29,33,36H,6-8,13,16-19H2,1-5H3/t20-,21-,22+,29+/m0/s1. The Morgan fingerprint density at radius 2 is 1.88 bits per heavy atom. The van der Waals surface area contributed by atoms with Crippen LogP contribution >= 0.6 is 23.2 Å². The van der Waals surface area contributed by atoms with Gasteiger partial charge < -0.3 is 19.5 Å². The number of fused-ring (bicyclic) bond motifs is 1. The number of anilines is 1. The number of carbonyl (C=O) groups excluding carboxylic acids is 1. The molecule has 0 unspecified atom stereocenters. The Hall–Kier alpha value is -2.08. The fraction of sp³-hybridized carbons (Fsp3) is 0.567. The van der Waals surface area contributed by atoms with Crippen LogP contribution in [-0.4, -0.2) is 87.1 Å². The fourth-order valence-electron chi connectivity index (χ4n) is 4.98. The van der Waals surface area contributed by atoms with Crippen molar-refractivity contribution in [2.45, 2.75) is 64.8 Å². The number of aliphatic hydroxyl groups is 1. The summed E-state index contributed by atoms with van der Waals surface area (Å²) in [6.45, 7) is 7.65. The van der Waals surface area contributed by atoms with Gasteiger partial charge in [-0.2, -0.15) is 0 Å². The average molecular weight is 645 g/mol. The van der Waals surface area contributed by atoms with Gasteiger partial charge in [0.2, 0.25) is 10.0 Å². The zero-order valence-electron chi connectivity index (χ0n) is 25.0. The first-order valence-electron chi connectivity index (χ1n) is 14.2. The molecule has 42 heavy (non-hydrogen) atoms. The van der Waals surface area contributed by atoms with E-state index in [2.05, 4.69) is 9.62 Å². The van der Waals surface area contributed by atoms with E-state index in [1.807, 2.05) is 33.0 Å².